The van der Waals surface area contributed by atoms with Crippen molar-refractivity contribution in [1.29, 1.82) is 0 Å². The summed E-state index contributed by atoms with van der Waals surface area (Å²) in [6.45, 7) is 0.312. The van der Waals surface area contributed by atoms with Crippen LogP contribution in [0.1, 0.15) is 6.42 Å². The first-order chi connectivity index (χ1) is 8.65. The van der Waals surface area contributed by atoms with Gasteiger partial charge in [0.05, 0.1) is 0 Å². The lowest BCUT2D eigenvalue weighted by molar-refractivity contribution is -0.117. The van der Waals surface area contributed by atoms with E-state index in [-0.39, 0.29) is 23.6 Å². The summed E-state index contributed by atoms with van der Waals surface area (Å²) in [5, 5.41) is 6.69. The van der Waals surface area contributed by atoms with Crippen LogP contribution in [0.2, 0.25) is 5.28 Å². The monoisotopic (exact) mass is 268 g/mol. The minimum atomic E-state index is -0.417. The normalized spacial score (nSPS) is 10.3. The molecule has 0 unspecified atom stereocenters. The van der Waals surface area contributed by atoms with Gasteiger partial charge in [-0.25, -0.2) is 4.98 Å². The molecular weight excluding hydrogens is 260 g/mol. The van der Waals surface area contributed by atoms with E-state index in [1.54, 1.807) is 0 Å². The lowest BCUT2D eigenvalue weighted by atomic mass is 10.4. The number of anilines is 1. The highest BCUT2D eigenvalue weighted by atomic mass is 35.5. The second-order valence-electron chi connectivity index (χ2n) is 3.21. The van der Waals surface area contributed by atoms with Gasteiger partial charge in [-0.1, -0.05) is 0 Å². The fourth-order valence-corrected chi connectivity index (χ4v) is 1.29. The van der Waals surface area contributed by atoms with Crippen LogP contribution >= 0.6 is 11.6 Å². The van der Waals surface area contributed by atoms with Crippen LogP contribution in [0, 0.1) is 0 Å². The number of hydrogen-bond donors (Lipinski definition) is 2. The van der Waals surface area contributed by atoms with Gasteiger partial charge in [0, 0.05) is 13.0 Å². The molecule has 0 aliphatic rings. The molecule has 0 saturated carbocycles. The molecular formula is C8H9ClN8O. The number of nitrogens with two attached hydrogens (primary N) is 1. The molecule has 2 aromatic heterocycles. The molecule has 9 nitrogen and oxygen atoms in total. The number of rotatable bonds is 5. The zero-order valence-electron chi connectivity index (χ0n) is 9.12. The molecule has 1 amide bonds. The van der Waals surface area contributed by atoms with Crippen LogP contribution in [-0.2, 0) is 4.79 Å². The average Bonchev–Trinajstić information content (AvgIpc) is 2.81. The molecule has 0 aliphatic heterocycles. The van der Waals surface area contributed by atoms with Gasteiger partial charge in [0.1, 0.15) is 12.7 Å². The molecule has 0 radical (unpaired) electrons. The minimum absolute atomic E-state index is 0.0112. The van der Waals surface area contributed by atoms with Gasteiger partial charge in [0.2, 0.25) is 17.1 Å². The van der Waals surface area contributed by atoms with E-state index in [9.17, 15) is 4.79 Å². The molecule has 10 heteroatoms. The third-order valence-electron chi connectivity index (χ3n) is 1.87. The van der Waals surface area contributed by atoms with Gasteiger partial charge in [0.15, 0.2) is 0 Å². The number of amides is 1. The van der Waals surface area contributed by atoms with Crippen molar-refractivity contribution in [2.75, 3.05) is 11.9 Å². The first kappa shape index (κ1) is 12.2. The number of hydrogen-bond acceptors (Lipinski definition) is 7. The van der Waals surface area contributed by atoms with Crippen molar-refractivity contribution in [2.24, 2.45) is 5.73 Å². The molecule has 0 aliphatic carbocycles. The van der Waals surface area contributed by atoms with Crippen LogP contribution in [0.15, 0.2) is 12.7 Å². The molecule has 0 spiro atoms. The predicted molar refractivity (Wildman–Crippen MR) is 62.1 cm³/mol. The summed E-state index contributed by atoms with van der Waals surface area (Å²) in [5.41, 5.74) is 5.01. The second-order valence-corrected chi connectivity index (χ2v) is 3.55. The fourth-order valence-electron chi connectivity index (χ4n) is 1.13. The van der Waals surface area contributed by atoms with E-state index in [0.29, 0.717) is 6.54 Å². The molecule has 2 aromatic rings. The zero-order chi connectivity index (χ0) is 13.0. The summed E-state index contributed by atoms with van der Waals surface area (Å²) in [7, 11) is 0. The van der Waals surface area contributed by atoms with Crippen molar-refractivity contribution in [3.63, 3.8) is 0 Å². The van der Waals surface area contributed by atoms with Gasteiger partial charge >= 0.3 is 0 Å². The van der Waals surface area contributed by atoms with E-state index in [1.165, 1.54) is 17.3 Å². The Balaban J connectivity index is 2.14. The molecule has 18 heavy (non-hydrogen) atoms. The topological polar surface area (TPSA) is 125 Å². The van der Waals surface area contributed by atoms with Gasteiger partial charge in [-0.05, 0) is 11.6 Å². The molecule has 0 saturated heterocycles. The Morgan fingerprint density at radius 1 is 1.44 bits per heavy atom. The Hall–Kier alpha value is -2.29. The Morgan fingerprint density at radius 2 is 2.28 bits per heavy atom. The largest absolute Gasteiger partial charge is 0.370 e. The third-order valence-corrected chi connectivity index (χ3v) is 2.04. The maximum Gasteiger partial charge on any atom is 0.258 e. The van der Waals surface area contributed by atoms with E-state index in [0.717, 1.165) is 0 Å². The number of nitrogens with one attached hydrogen (secondary N) is 1. The Bertz CT molecular complexity index is 542. The number of aromatic nitrogens is 6. The second kappa shape index (κ2) is 5.36. The summed E-state index contributed by atoms with van der Waals surface area (Å²) >= 11 is 5.75. The van der Waals surface area contributed by atoms with E-state index in [1.807, 2.05) is 0 Å². The first-order valence-electron chi connectivity index (χ1n) is 4.94. The number of carbonyl (C=O) groups excluding carboxylic acids is 1. The van der Waals surface area contributed by atoms with Crippen molar-refractivity contribution in [3.8, 4) is 5.95 Å². The highest BCUT2D eigenvalue weighted by Crippen LogP contribution is 2.08. The van der Waals surface area contributed by atoms with Gasteiger partial charge < -0.3 is 11.1 Å². The lowest BCUT2D eigenvalue weighted by Crippen LogP contribution is -2.17. The van der Waals surface area contributed by atoms with E-state index in [4.69, 9.17) is 17.3 Å². The average molecular weight is 269 g/mol. The Kier molecular flexibility index (Phi) is 3.63. The van der Waals surface area contributed by atoms with Crippen LogP contribution in [0.5, 0.6) is 0 Å². The first-order valence-corrected chi connectivity index (χ1v) is 5.31. The summed E-state index contributed by atoms with van der Waals surface area (Å²) in [5.74, 6) is 0.0509. The molecule has 0 atom stereocenters. The molecule has 0 fully saturated rings. The lowest BCUT2D eigenvalue weighted by Gasteiger charge is -2.05. The predicted octanol–water partition coefficient (Wildman–Crippen LogP) is -0.607. The summed E-state index contributed by atoms with van der Waals surface area (Å²) in [4.78, 5) is 26.2. The molecule has 0 aromatic carbocycles. The third kappa shape index (κ3) is 3.10. The highest BCUT2D eigenvalue weighted by molar-refractivity contribution is 6.28. The maximum absolute atomic E-state index is 10.6. The minimum Gasteiger partial charge on any atom is -0.370 e. The summed E-state index contributed by atoms with van der Waals surface area (Å²) in [6.07, 6.45) is 2.94. The number of primary amides is 1. The van der Waals surface area contributed by atoms with E-state index in [2.05, 4.69) is 30.4 Å². The Labute approximate surface area is 106 Å². The maximum atomic E-state index is 10.6. The number of carbonyl (C=O) groups is 1. The van der Waals surface area contributed by atoms with Gasteiger partial charge in [-0.2, -0.15) is 24.7 Å². The molecule has 2 heterocycles. The Morgan fingerprint density at radius 3 is 2.94 bits per heavy atom. The van der Waals surface area contributed by atoms with Crippen molar-refractivity contribution in [1.82, 2.24) is 29.7 Å². The fraction of sp³-hybridized carbons (Fsp3) is 0.250. The molecule has 94 valence electrons. The standard InChI is InChI=1S/C8H9ClN8O/c9-6-14-7(12-2-1-5(10)18)16-8(15-6)17-4-11-3-13-17/h3-4H,1-2H2,(H2,10,18)(H,12,14,15,16). The summed E-state index contributed by atoms with van der Waals surface area (Å²) < 4.78 is 1.34. The van der Waals surface area contributed by atoms with Crippen LogP contribution in [0.4, 0.5) is 5.95 Å². The molecule has 0 bridgehead atoms. The van der Waals surface area contributed by atoms with Crippen LogP contribution in [-0.4, -0.2) is 42.2 Å². The zero-order valence-corrected chi connectivity index (χ0v) is 9.87. The molecule has 3 N–H and O–H groups in total. The van der Waals surface area contributed by atoms with Crippen molar-refractivity contribution in [2.45, 2.75) is 6.42 Å². The highest BCUT2D eigenvalue weighted by Gasteiger charge is 2.07. The van der Waals surface area contributed by atoms with Crippen molar-refractivity contribution < 1.29 is 4.79 Å². The number of nitrogens with zero attached hydrogens (tertiary/aromatic N) is 6. The smallest absolute Gasteiger partial charge is 0.258 e. The van der Waals surface area contributed by atoms with Crippen LogP contribution in [0.25, 0.3) is 5.95 Å². The van der Waals surface area contributed by atoms with Gasteiger partial charge in [-0.3, -0.25) is 4.79 Å². The molecule has 2 rings (SSSR count). The van der Waals surface area contributed by atoms with Gasteiger partial charge in [0.25, 0.3) is 5.95 Å². The van der Waals surface area contributed by atoms with Crippen molar-refractivity contribution >= 4 is 23.5 Å². The summed E-state index contributed by atoms with van der Waals surface area (Å²) in [6, 6.07) is 0. The number of halogens is 1. The quantitative estimate of drug-likeness (QED) is 0.741. The van der Waals surface area contributed by atoms with E-state index >= 15 is 0 Å². The van der Waals surface area contributed by atoms with Crippen LogP contribution in [0.3, 0.4) is 0 Å². The van der Waals surface area contributed by atoms with E-state index < -0.39 is 5.91 Å². The van der Waals surface area contributed by atoms with Crippen molar-refractivity contribution in [3.05, 3.63) is 17.9 Å². The SMILES string of the molecule is NC(=O)CCNc1nc(Cl)nc(-n2cncn2)n1. The van der Waals surface area contributed by atoms with Crippen LogP contribution < -0.4 is 11.1 Å². The van der Waals surface area contributed by atoms with Gasteiger partial charge in [-0.15, -0.1) is 0 Å².